The van der Waals surface area contributed by atoms with Crippen molar-refractivity contribution in [2.24, 2.45) is 0 Å². The van der Waals surface area contributed by atoms with Crippen molar-refractivity contribution >= 4 is 5.91 Å². The van der Waals surface area contributed by atoms with E-state index < -0.39 is 0 Å². The third-order valence-corrected chi connectivity index (χ3v) is 1.75. The van der Waals surface area contributed by atoms with E-state index in [4.69, 9.17) is 0 Å². The van der Waals surface area contributed by atoms with Gasteiger partial charge in [0.1, 0.15) is 0 Å². The molecule has 0 bridgehead atoms. The van der Waals surface area contributed by atoms with E-state index in [9.17, 15) is 4.79 Å². The van der Waals surface area contributed by atoms with Crippen LogP contribution in [-0.4, -0.2) is 25.0 Å². The first-order valence-electron chi connectivity index (χ1n) is 4.44. The van der Waals surface area contributed by atoms with Crippen LogP contribution in [-0.2, 0) is 4.79 Å². The Bertz CT molecular complexity index is 164. The van der Waals surface area contributed by atoms with Crippen molar-refractivity contribution in [2.45, 2.75) is 25.3 Å². The topological polar surface area (TPSA) is 41.1 Å². The van der Waals surface area contributed by atoms with Crippen LogP contribution in [0.15, 0.2) is 12.7 Å². The fourth-order valence-corrected chi connectivity index (χ4v) is 0.912. The molecule has 3 heteroatoms. The molecule has 1 aliphatic carbocycles. The summed E-state index contributed by atoms with van der Waals surface area (Å²) in [6.45, 7) is 4.86. The van der Waals surface area contributed by atoms with Crippen LogP contribution in [0, 0.1) is 0 Å². The van der Waals surface area contributed by atoms with E-state index in [0.717, 1.165) is 25.8 Å². The summed E-state index contributed by atoms with van der Waals surface area (Å²) in [6, 6.07) is 0.471. The first-order valence-corrected chi connectivity index (χ1v) is 4.44. The predicted octanol–water partition coefficient (Wildman–Crippen LogP) is 0.431. The minimum absolute atomic E-state index is 0.113. The van der Waals surface area contributed by atoms with E-state index in [1.807, 2.05) is 6.08 Å². The Kier molecular flexibility index (Phi) is 3.80. The molecular weight excluding hydrogens is 152 g/mol. The van der Waals surface area contributed by atoms with Gasteiger partial charge in [-0.15, -0.1) is 6.58 Å². The van der Waals surface area contributed by atoms with Gasteiger partial charge < -0.3 is 10.6 Å². The molecule has 1 fully saturated rings. The van der Waals surface area contributed by atoms with E-state index in [1.54, 1.807) is 0 Å². The monoisotopic (exact) mass is 168 g/mol. The van der Waals surface area contributed by atoms with Crippen LogP contribution in [0.4, 0.5) is 0 Å². The maximum absolute atomic E-state index is 11.1. The number of nitrogens with one attached hydrogen (secondary N) is 2. The molecule has 1 rings (SSSR count). The summed E-state index contributed by atoms with van der Waals surface area (Å²) in [6.07, 6.45) is 5.05. The van der Waals surface area contributed by atoms with Gasteiger partial charge in [0, 0.05) is 6.04 Å². The summed E-state index contributed by atoms with van der Waals surface area (Å²) >= 11 is 0. The van der Waals surface area contributed by atoms with Crippen molar-refractivity contribution in [3.63, 3.8) is 0 Å². The van der Waals surface area contributed by atoms with Gasteiger partial charge in [0.25, 0.3) is 0 Å². The molecule has 68 valence electrons. The Labute approximate surface area is 73.2 Å². The molecule has 0 heterocycles. The van der Waals surface area contributed by atoms with Crippen LogP contribution in [0.25, 0.3) is 0 Å². The zero-order valence-corrected chi connectivity index (χ0v) is 7.31. The van der Waals surface area contributed by atoms with Gasteiger partial charge in [-0.25, -0.2) is 0 Å². The second-order valence-corrected chi connectivity index (χ2v) is 3.10. The number of hydrogen-bond acceptors (Lipinski definition) is 2. The van der Waals surface area contributed by atoms with Crippen LogP contribution < -0.4 is 10.6 Å². The van der Waals surface area contributed by atoms with E-state index >= 15 is 0 Å². The summed E-state index contributed by atoms with van der Waals surface area (Å²) in [7, 11) is 0. The zero-order valence-electron chi connectivity index (χ0n) is 7.31. The fraction of sp³-hybridized carbons (Fsp3) is 0.667. The van der Waals surface area contributed by atoms with Crippen LogP contribution in [0.5, 0.6) is 0 Å². The van der Waals surface area contributed by atoms with Crippen LogP contribution in [0.2, 0.25) is 0 Å². The molecular formula is C9H16N2O. The van der Waals surface area contributed by atoms with Gasteiger partial charge in [-0.2, -0.15) is 0 Å². The third kappa shape index (κ3) is 4.13. The molecule has 3 nitrogen and oxygen atoms in total. The molecule has 0 unspecified atom stereocenters. The molecule has 0 radical (unpaired) electrons. The predicted molar refractivity (Wildman–Crippen MR) is 48.8 cm³/mol. The van der Waals surface area contributed by atoms with Crippen molar-refractivity contribution < 1.29 is 4.79 Å². The summed E-state index contributed by atoms with van der Waals surface area (Å²) in [4.78, 5) is 11.1. The van der Waals surface area contributed by atoms with Crippen molar-refractivity contribution in [3.8, 4) is 0 Å². The highest BCUT2D eigenvalue weighted by atomic mass is 16.2. The van der Waals surface area contributed by atoms with Gasteiger partial charge in [-0.1, -0.05) is 6.08 Å². The molecule has 0 aromatic carbocycles. The van der Waals surface area contributed by atoms with E-state index in [0.29, 0.717) is 12.6 Å². The lowest BCUT2D eigenvalue weighted by atomic mass is 10.4. The van der Waals surface area contributed by atoms with Gasteiger partial charge in [0.2, 0.25) is 5.91 Å². The molecule has 1 amide bonds. The van der Waals surface area contributed by atoms with Gasteiger partial charge in [0.15, 0.2) is 0 Å². The summed E-state index contributed by atoms with van der Waals surface area (Å²) in [5, 5.41) is 5.94. The quantitative estimate of drug-likeness (QED) is 0.446. The van der Waals surface area contributed by atoms with Crippen molar-refractivity contribution in [1.29, 1.82) is 0 Å². The summed E-state index contributed by atoms with van der Waals surface area (Å²) < 4.78 is 0. The largest absolute Gasteiger partial charge is 0.352 e. The molecule has 1 aliphatic rings. The lowest BCUT2D eigenvalue weighted by molar-refractivity contribution is -0.120. The average molecular weight is 168 g/mol. The first kappa shape index (κ1) is 9.26. The highest BCUT2D eigenvalue weighted by Gasteiger charge is 2.22. The second-order valence-electron chi connectivity index (χ2n) is 3.10. The lowest BCUT2D eigenvalue weighted by Gasteiger charge is -2.03. The van der Waals surface area contributed by atoms with E-state index in [2.05, 4.69) is 17.2 Å². The standard InChI is InChI=1S/C9H16N2O/c1-2-3-6-10-7-9(12)11-8-4-5-8/h2,8,10H,1,3-7H2,(H,11,12). The molecule has 0 aliphatic heterocycles. The van der Waals surface area contributed by atoms with Gasteiger partial charge in [0.05, 0.1) is 6.54 Å². The smallest absolute Gasteiger partial charge is 0.234 e. The van der Waals surface area contributed by atoms with Gasteiger partial charge in [-0.05, 0) is 25.8 Å². The Morgan fingerprint density at radius 2 is 2.33 bits per heavy atom. The van der Waals surface area contributed by atoms with Crippen LogP contribution in [0.3, 0.4) is 0 Å². The maximum Gasteiger partial charge on any atom is 0.234 e. The SMILES string of the molecule is C=CCCNCC(=O)NC1CC1. The van der Waals surface area contributed by atoms with Crippen molar-refractivity contribution in [1.82, 2.24) is 10.6 Å². The highest BCUT2D eigenvalue weighted by molar-refractivity contribution is 5.78. The molecule has 1 saturated carbocycles. The van der Waals surface area contributed by atoms with Gasteiger partial charge in [-0.3, -0.25) is 4.79 Å². The van der Waals surface area contributed by atoms with Crippen LogP contribution >= 0.6 is 0 Å². The minimum atomic E-state index is 0.113. The molecule has 0 aromatic rings. The molecule has 2 N–H and O–H groups in total. The summed E-state index contributed by atoms with van der Waals surface area (Å²) in [5.41, 5.74) is 0. The normalized spacial score (nSPS) is 15.7. The lowest BCUT2D eigenvalue weighted by Crippen LogP contribution is -2.35. The minimum Gasteiger partial charge on any atom is -0.352 e. The molecule has 0 saturated heterocycles. The number of carbonyl (C=O) groups is 1. The van der Waals surface area contributed by atoms with Crippen molar-refractivity contribution in [3.05, 3.63) is 12.7 Å². The van der Waals surface area contributed by atoms with Crippen LogP contribution in [0.1, 0.15) is 19.3 Å². The Hall–Kier alpha value is -0.830. The molecule has 0 atom stereocenters. The second kappa shape index (κ2) is 4.93. The number of rotatable bonds is 6. The third-order valence-electron chi connectivity index (χ3n) is 1.75. The van der Waals surface area contributed by atoms with E-state index in [1.165, 1.54) is 0 Å². The molecule has 0 spiro atoms. The first-order chi connectivity index (χ1) is 5.83. The molecule has 12 heavy (non-hydrogen) atoms. The fourth-order valence-electron chi connectivity index (χ4n) is 0.912. The average Bonchev–Trinajstić information content (AvgIpc) is 2.82. The van der Waals surface area contributed by atoms with E-state index in [-0.39, 0.29) is 5.91 Å². The highest BCUT2D eigenvalue weighted by Crippen LogP contribution is 2.17. The maximum atomic E-state index is 11.1. The summed E-state index contributed by atoms with van der Waals surface area (Å²) in [5.74, 6) is 0.113. The Morgan fingerprint density at radius 3 is 2.92 bits per heavy atom. The zero-order chi connectivity index (χ0) is 8.81. The number of amides is 1. The Balaban J connectivity index is 1.90. The number of carbonyl (C=O) groups excluding carboxylic acids is 1. The molecule has 0 aromatic heterocycles. The number of hydrogen-bond donors (Lipinski definition) is 2. The van der Waals surface area contributed by atoms with Crippen molar-refractivity contribution in [2.75, 3.05) is 13.1 Å². The Morgan fingerprint density at radius 1 is 1.58 bits per heavy atom. The van der Waals surface area contributed by atoms with Gasteiger partial charge >= 0.3 is 0 Å².